The maximum Gasteiger partial charge on any atom is 0.272 e. The molecule has 26 heavy (non-hydrogen) atoms. The largest absolute Gasteiger partial charge is 0.480 e. The Morgan fingerprint density at radius 3 is 2.85 bits per heavy atom. The molecule has 0 aliphatic heterocycles. The van der Waals surface area contributed by atoms with Crippen LogP contribution in [0.15, 0.2) is 55.1 Å². The maximum atomic E-state index is 12.8. The van der Waals surface area contributed by atoms with Crippen molar-refractivity contribution in [2.24, 2.45) is 0 Å². The van der Waals surface area contributed by atoms with Gasteiger partial charge in [0.05, 0.1) is 25.5 Å². The molecule has 0 spiro atoms. The SMILES string of the molecule is COc1ccc(C(=O)NC2c3ccccc3CCC2n2ccnc2)nn1. The number of aromatic nitrogens is 4. The van der Waals surface area contributed by atoms with E-state index in [1.54, 1.807) is 24.7 Å². The van der Waals surface area contributed by atoms with E-state index < -0.39 is 0 Å². The van der Waals surface area contributed by atoms with Gasteiger partial charge in [0.1, 0.15) is 0 Å². The first kappa shape index (κ1) is 16.3. The zero-order chi connectivity index (χ0) is 17.9. The van der Waals surface area contributed by atoms with E-state index in [0.29, 0.717) is 5.88 Å². The summed E-state index contributed by atoms with van der Waals surface area (Å²) >= 11 is 0. The number of imidazole rings is 1. The Bertz CT molecular complexity index is 893. The van der Waals surface area contributed by atoms with Crippen molar-refractivity contribution < 1.29 is 9.53 Å². The minimum atomic E-state index is -0.257. The first-order valence-electron chi connectivity index (χ1n) is 8.50. The zero-order valence-corrected chi connectivity index (χ0v) is 14.4. The number of hydrogen-bond acceptors (Lipinski definition) is 5. The van der Waals surface area contributed by atoms with Crippen LogP contribution in [0, 0.1) is 0 Å². The van der Waals surface area contributed by atoms with Crippen LogP contribution in [-0.2, 0) is 6.42 Å². The summed E-state index contributed by atoms with van der Waals surface area (Å²) in [6.07, 6.45) is 7.38. The molecule has 0 radical (unpaired) electrons. The van der Waals surface area contributed by atoms with Crippen molar-refractivity contribution in [3.05, 3.63) is 71.9 Å². The summed E-state index contributed by atoms with van der Waals surface area (Å²) in [5.74, 6) is 0.118. The second kappa shape index (κ2) is 6.95. The van der Waals surface area contributed by atoms with Gasteiger partial charge < -0.3 is 14.6 Å². The Morgan fingerprint density at radius 2 is 2.12 bits per heavy atom. The van der Waals surface area contributed by atoms with Crippen molar-refractivity contribution in [1.29, 1.82) is 0 Å². The molecule has 0 fully saturated rings. The van der Waals surface area contributed by atoms with Crippen LogP contribution in [0.3, 0.4) is 0 Å². The second-order valence-electron chi connectivity index (χ2n) is 6.23. The lowest BCUT2D eigenvalue weighted by molar-refractivity contribution is 0.0911. The third-order valence-electron chi connectivity index (χ3n) is 4.76. The van der Waals surface area contributed by atoms with E-state index in [1.807, 2.05) is 18.3 Å². The summed E-state index contributed by atoms with van der Waals surface area (Å²) in [7, 11) is 1.51. The lowest BCUT2D eigenvalue weighted by atomic mass is 9.83. The second-order valence-corrected chi connectivity index (χ2v) is 6.23. The number of benzene rings is 1. The van der Waals surface area contributed by atoms with Crippen molar-refractivity contribution in [1.82, 2.24) is 25.1 Å². The van der Waals surface area contributed by atoms with Crippen molar-refractivity contribution in [2.45, 2.75) is 24.9 Å². The smallest absolute Gasteiger partial charge is 0.272 e. The highest BCUT2D eigenvalue weighted by atomic mass is 16.5. The van der Waals surface area contributed by atoms with Crippen LogP contribution in [0.5, 0.6) is 5.88 Å². The van der Waals surface area contributed by atoms with E-state index in [2.05, 4.69) is 37.2 Å². The third kappa shape index (κ3) is 3.03. The van der Waals surface area contributed by atoms with Crippen LogP contribution >= 0.6 is 0 Å². The van der Waals surface area contributed by atoms with Gasteiger partial charge in [-0.25, -0.2) is 4.98 Å². The molecule has 0 saturated heterocycles. The van der Waals surface area contributed by atoms with Gasteiger partial charge in [-0.15, -0.1) is 10.2 Å². The summed E-state index contributed by atoms with van der Waals surface area (Å²) in [5, 5.41) is 11.0. The lowest BCUT2D eigenvalue weighted by Crippen LogP contribution is -2.37. The van der Waals surface area contributed by atoms with Gasteiger partial charge in [0.25, 0.3) is 5.91 Å². The predicted molar refractivity (Wildman–Crippen MR) is 94.8 cm³/mol. The standard InChI is InChI=1S/C19H19N5O2/c1-26-17-9-7-15(22-23-17)19(25)21-18-14-5-3-2-4-13(14)6-8-16(18)24-11-10-20-12-24/h2-5,7,9-12,16,18H,6,8H2,1H3,(H,21,25). The summed E-state index contributed by atoms with van der Waals surface area (Å²) < 4.78 is 7.05. The van der Waals surface area contributed by atoms with Crippen LogP contribution in [0.25, 0.3) is 0 Å². The Balaban J connectivity index is 1.64. The van der Waals surface area contributed by atoms with Crippen molar-refractivity contribution in [2.75, 3.05) is 7.11 Å². The van der Waals surface area contributed by atoms with Crippen molar-refractivity contribution >= 4 is 5.91 Å². The zero-order valence-electron chi connectivity index (χ0n) is 14.4. The Morgan fingerprint density at radius 1 is 1.23 bits per heavy atom. The highest BCUT2D eigenvalue weighted by Crippen LogP contribution is 2.37. The van der Waals surface area contributed by atoms with Crippen molar-refractivity contribution in [3.8, 4) is 5.88 Å². The van der Waals surface area contributed by atoms with Crippen LogP contribution in [0.2, 0.25) is 0 Å². The minimum Gasteiger partial charge on any atom is -0.480 e. The number of aryl methyl sites for hydroxylation is 1. The van der Waals surface area contributed by atoms with Gasteiger partial charge in [-0.05, 0) is 30.0 Å². The molecule has 1 aliphatic carbocycles. The van der Waals surface area contributed by atoms with Gasteiger partial charge in [0, 0.05) is 18.5 Å². The number of methoxy groups -OCH3 is 1. The molecule has 2 aromatic heterocycles. The number of hydrogen-bond donors (Lipinski definition) is 1. The first-order chi connectivity index (χ1) is 12.8. The maximum absolute atomic E-state index is 12.8. The fourth-order valence-corrected chi connectivity index (χ4v) is 3.47. The third-order valence-corrected chi connectivity index (χ3v) is 4.76. The number of ether oxygens (including phenoxy) is 1. The molecule has 0 saturated carbocycles. The van der Waals surface area contributed by atoms with Gasteiger partial charge in [-0.1, -0.05) is 24.3 Å². The monoisotopic (exact) mass is 349 g/mol. The fourth-order valence-electron chi connectivity index (χ4n) is 3.47. The number of fused-ring (bicyclic) bond motifs is 1. The van der Waals surface area contributed by atoms with Gasteiger partial charge in [-0.3, -0.25) is 4.79 Å². The van der Waals surface area contributed by atoms with E-state index >= 15 is 0 Å². The molecule has 132 valence electrons. The minimum absolute atomic E-state index is 0.0996. The van der Waals surface area contributed by atoms with Crippen LogP contribution in [0.1, 0.15) is 40.1 Å². The summed E-state index contributed by atoms with van der Waals surface area (Å²) in [6.45, 7) is 0. The molecule has 0 bridgehead atoms. The molecule has 1 N–H and O–H groups in total. The quantitative estimate of drug-likeness (QED) is 0.782. The lowest BCUT2D eigenvalue weighted by Gasteiger charge is -2.34. The molecule has 4 rings (SSSR count). The molecule has 2 heterocycles. The molecule has 3 aromatic rings. The van der Waals surface area contributed by atoms with Crippen LogP contribution < -0.4 is 10.1 Å². The number of carbonyl (C=O) groups excluding carboxylic acids is 1. The number of nitrogens with one attached hydrogen (secondary N) is 1. The van der Waals surface area contributed by atoms with Gasteiger partial charge in [-0.2, -0.15) is 0 Å². The normalized spacial score (nSPS) is 18.8. The average Bonchev–Trinajstić information content (AvgIpc) is 3.23. The molecule has 7 nitrogen and oxygen atoms in total. The van der Waals surface area contributed by atoms with E-state index in [1.165, 1.54) is 12.7 Å². The molecule has 1 aromatic carbocycles. The molecule has 2 atom stereocenters. The van der Waals surface area contributed by atoms with Crippen LogP contribution in [0.4, 0.5) is 0 Å². The summed E-state index contributed by atoms with van der Waals surface area (Å²) in [6, 6.07) is 11.4. The molecule has 2 unspecified atom stereocenters. The van der Waals surface area contributed by atoms with E-state index in [-0.39, 0.29) is 23.7 Å². The molecular weight excluding hydrogens is 330 g/mol. The van der Waals surface area contributed by atoms with Gasteiger partial charge >= 0.3 is 0 Å². The first-order valence-corrected chi connectivity index (χ1v) is 8.50. The molecule has 7 heteroatoms. The number of nitrogens with zero attached hydrogens (tertiary/aromatic N) is 4. The highest BCUT2D eigenvalue weighted by Gasteiger charge is 2.32. The predicted octanol–water partition coefficient (Wildman–Crippen LogP) is 2.34. The molecule has 1 amide bonds. The Kier molecular flexibility index (Phi) is 4.35. The van der Waals surface area contributed by atoms with Crippen molar-refractivity contribution in [3.63, 3.8) is 0 Å². The number of carbonyl (C=O) groups is 1. The topological polar surface area (TPSA) is 81.9 Å². The Labute approximate surface area is 151 Å². The summed E-state index contributed by atoms with van der Waals surface area (Å²) in [5.41, 5.74) is 2.65. The summed E-state index contributed by atoms with van der Waals surface area (Å²) in [4.78, 5) is 16.9. The van der Waals surface area contributed by atoms with Gasteiger partial charge in [0.15, 0.2) is 5.69 Å². The Hall–Kier alpha value is -3.22. The van der Waals surface area contributed by atoms with E-state index in [0.717, 1.165) is 18.4 Å². The number of rotatable bonds is 4. The molecular formula is C19H19N5O2. The fraction of sp³-hybridized carbons (Fsp3) is 0.263. The number of amides is 1. The molecule has 1 aliphatic rings. The highest BCUT2D eigenvalue weighted by molar-refractivity contribution is 5.92. The van der Waals surface area contributed by atoms with E-state index in [4.69, 9.17) is 4.74 Å². The average molecular weight is 349 g/mol. The van der Waals surface area contributed by atoms with Gasteiger partial charge in [0.2, 0.25) is 5.88 Å². The van der Waals surface area contributed by atoms with E-state index in [9.17, 15) is 4.79 Å². The van der Waals surface area contributed by atoms with Crippen LogP contribution in [-0.4, -0.2) is 32.8 Å².